The van der Waals surface area contributed by atoms with Crippen LogP contribution in [0.2, 0.25) is 0 Å². The van der Waals surface area contributed by atoms with E-state index in [2.05, 4.69) is 0 Å². The van der Waals surface area contributed by atoms with Gasteiger partial charge in [0.1, 0.15) is 18.3 Å². The first-order chi connectivity index (χ1) is 11.8. The van der Waals surface area contributed by atoms with Gasteiger partial charge in [0.2, 0.25) is 6.10 Å². The highest BCUT2D eigenvalue weighted by Gasteiger charge is 2.52. The van der Waals surface area contributed by atoms with Crippen LogP contribution < -0.4 is 0 Å². The summed E-state index contributed by atoms with van der Waals surface area (Å²) < 4.78 is 21.2. The second kappa shape index (κ2) is 7.92. The molecule has 2 N–H and O–H groups in total. The van der Waals surface area contributed by atoms with E-state index in [1.165, 1.54) is 12.1 Å². The number of methoxy groups -OCH3 is 1. The molecule has 25 heavy (non-hydrogen) atoms. The molecule has 0 amide bonds. The van der Waals surface area contributed by atoms with Crippen LogP contribution in [0.25, 0.3) is 0 Å². The summed E-state index contributed by atoms with van der Waals surface area (Å²) >= 11 is 0. The lowest BCUT2D eigenvalue weighted by molar-refractivity contribution is -0.172. The van der Waals surface area contributed by atoms with E-state index in [1.54, 1.807) is 32.0 Å². The molecule has 1 fully saturated rings. The van der Waals surface area contributed by atoms with E-state index >= 15 is 0 Å². The van der Waals surface area contributed by atoms with Gasteiger partial charge >= 0.3 is 11.9 Å². The van der Waals surface area contributed by atoms with Gasteiger partial charge in [-0.2, -0.15) is 0 Å². The molecule has 8 nitrogen and oxygen atoms in total. The van der Waals surface area contributed by atoms with Gasteiger partial charge < -0.3 is 29.2 Å². The maximum atomic E-state index is 12.3. The van der Waals surface area contributed by atoms with Crippen LogP contribution in [0.3, 0.4) is 0 Å². The Morgan fingerprint density at radius 1 is 1.20 bits per heavy atom. The first-order valence-electron chi connectivity index (χ1n) is 7.77. The number of ether oxygens (including phenoxy) is 4. The predicted molar refractivity (Wildman–Crippen MR) is 84.6 cm³/mol. The molecule has 1 aromatic carbocycles. The van der Waals surface area contributed by atoms with E-state index in [4.69, 9.17) is 18.9 Å². The Hall–Kier alpha value is -2.00. The normalized spacial score (nSPS) is 24.4. The van der Waals surface area contributed by atoms with E-state index in [-0.39, 0.29) is 5.56 Å². The van der Waals surface area contributed by atoms with Gasteiger partial charge in [0, 0.05) is 0 Å². The van der Waals surface area contributed by atoms with Crippen molar-refractivity contribution < 1.29 is 38.7 Å². The van der Waals surface area contributed by atoms with Crippen molar-refractivity contribution in [2.75, 3.05) is 13.7 Å². The van der Waals surface area contributed by atoms with E-state index in [0.29, 0.717) is 0 Å². The molecule has 1 saturated heterocycles. The second-order valence-corrected chi connectivity index (χ2v) is 6.03. The quantitative estimate of drug-likeness (QED) is 0.700. The van der Waals surface area contributed by atoms with Crippen LogP contribution in [-0.2, 0) is 23.7 Å². The highest BCUT2D eigenvalue weighted by atomic mass is 16.8. The first-order valence-corrected chi connectivity index (χ1v) is 7.77. The number of hydrogen-bond acceptors (Lipinski definition) is 8. The third-order valence-corrected chi connectivity index (χ3v) is 3.71. The monoisotopic (exact) mass is 354 g/mol. The molecule has 0 spiro atoms. The number of rotatable bonds is 6. The molecule has 138 valence electrons. The Bertz CT molecular complexity index is 600. The molecule has 1 aliphatic rings. The van der Waals surface area contributed by atoms with Crippen LogP contribution in [0.4, 0.5) is 0 Å². The summed E-state index contributed by atoms with van der Waals surface area (Å²) in [5.74, 6) is -2.75. The minimum absolute atomic E-state index is 0.244. The van der Waals surface area contributed by atoms with Crippen LogP contribution >= 0.6 is 0 Å². The average molecular weight is 354 g/mol. The van der Waals surface area contributed by atoms with Crippen molar-refractivity contribution in [3.63, 3.8) is 0 Å². The van der Waals surface area contributed by atoms with Gasteiger partial charge in [-0.25, -0.2) is 9.59 Å². The molecule has 0 bridgehead atoms. The zero-order chi connectivity index (χ0) is 18.6. The first kappa shape index (κ1) is 19.3. The smallest absolute Gasteiger partial charge is 0.350 e. The van der Waals surface area contributed by atoms with Gasteiger partial charge in [-0.15, -0.1) is 0 Å². The Morgan fingerprint density at radius 3 is 2.36 bits per heavy atom. The van der Waals surface area contributed by atoms with Crippen molar-refractivity contribution in [2.24, 2.45) is 0 Å². The number of carbonyl (C=O) groups excluding carboxylic acids is 2. The van der Waals surface area contributed by atoms with Crippen LogP contribution in [0, 0.1) is 0 Å². The lowest BCUT2D eigenvalue weighted by Crippen LogP contribution is -2.49. The molecular weight excluding hydrogens is 332 g/mol. The fourth-order valence-electron chi connectivity index (χ4n) is 2.58. The highest BCUT2D eigenvalue weighted by Crippen LogP contribution is 2.33. The van der Waals surface area contributed by atoms with Crippen LogP contribution in [0.5, 0.6) is 0 Å². The number of hydrogen-bond donors (Lipinski definition) is 2. The topological polar surface area (TPSA) is 112 Å². The van der Waals surface area contributed by atoms with Crippen molar-refractivity contribution in [1.82, 2.24) is 0 Å². The molecule has 0 aliphatic carbocycles. The third-order valence-electron chi connectivity index (χ3n) is 3.71. The van der Waals surface area contributed by atoms with E-state index in [1.807, 2.05) is 0 Å². The highest BCUT2D eigenvalue weighted by molar-refractivity contribution is 5.91. The molecule has 1 heterocycles. The minimum Gasteiger partial charge on any atom is -0.466 e. The summed E-state index contributed by atoms with van der Waals surface area (Å²) in [6.07, 6.45) is -5.01. The Kier molecular flexibility index (Phi) is 6.12. The van der Waals surface area contributed by atoms with Crippen molar-refractivity contribution >= 4 is 11.9 Å². The maximum Gasteiger partial charge on any atom is 0.350 e. The summed E-state index contributed by atoms with van der Waals surface area (Å²) in [4.78, 5) is 24.5. The fraction of sp³-hybridized carbons (Fsp3) is 0.529. The van der Waals surface area contributed by atoms with Crippen molar-refractivity contribution in [1.29, 1.82) is 0 Å². The average Bonchev–Trinajstić information content (AvgIpc) is 2.94. The maximum absolute atomic E-state index is 12.3. The van der Waals surface area contributed by atoms with Crippen molar-refractivity contribution in [2.45, 2.75) is 44.1 Å². The molecule has 0 radical (unpaired) electrons. The van der Waals surface area contributed by atoms with Gasteiger partial charge in [-0.3, -0.25) is 0 Å². The fourth-order valence-corrected chi connectivity index (χ4v) is 2.58. The zero-order valence-electron chi connectivity index (χ0n) is 14.2. The molecule has 1 aromatic rings. The largest absolute Gasteiger partial charge is 0.466 e. The standard InChI is InChI=1S/C17H22O8/c1-17(2)24-12(11(19)9-18)13(25-17)14(16(21)22-3)23-15(20)10-7-5-4-6-8-10/h4-8,11-14,18-19H,9H2,1-3H3/t11-,12-,13+,14-/m1/s1. The molecule has 4 atom stereocenters. The number of aliphatic hydroxyl groups excluding tert-OH is 2. The minimum atomic E-state index is -1.47. The third kappa shape index (κ3) is 4.55. The van der Waals surface area contributed by atoms with Crippen molar-refractivity contribution in [3.05, 3.63) is 35.9 Å². The number of esters is 2. The van der Waals surface area contributed by atoms with Crippen molar-refractivity contribution in [3.8, 4) is 0 Å². The van der Waals surface area contributed by atoms with Gasteiger partial charge in [-0.05, 0) is 26.0 Å². The van der Waals surface area contributed by atoms with E-state index in [0.717, 1.165) is 7.11 Å². The molecule has 0 aromatic heterocycles. The van der Waals surface area contributed by atoms with E-state index < -0.39 is 48.7 Å². The van der Waals surface area contributed by atoms with Gasteiger partial charge in [0.05, 0.1) is 19.3 Å². The summed E-state index contributed by atoms with van der Waals surface area (Å²) in [6, 6.07) is 8.11. The lowest BCUT2D eigenvalue weighted by Gasteiger charge is -2.26. The molecular formula is C17H22O8. The zero-order valence-corrected chi connectivity index (χ0v) is 14.2. The molecule has 2 rings (SSSR count). The SMILES string of the molecule is COC(=O)[C@H](OC(=O)c1ccccc1)[C@H]1OC(C)(C)O[C@@H]1[C@H](O)CO. The summed E-state index contributed by atoms with van der Waals surface area (Å²) in [6.45, 7) is 2.55. The Balaban J connectivity index is 2.26. The van der Waals surface area contributed by atoms with Gasteiger partial charge in [0.25, 0.3) is 0 Å². The number of benzene rings is 1. The molecule has 0 unspecified atom stereocenters. The Morgan fingerprint density at radius 2 is 1.80 bits per heavy atom. The summed E-state index contributed by atoms with van der Waals surface area (Å²) in [5.41, 5.74) is 0.244. The predicted octanol–water partition coefficient (Wildman–Crippen LogP) is 0.258. The molecule has 8 heteroatoms. The lowest BCUT2D eigenvalue weighted by atomic mass is 10.0. The van der Waals surface area contributed by atoms with Gasteiger partial charge in [-0.1, -0.05) is 18.2 Å². The van der Waals surface area contributed by atoms with Crippen LogP contribution in [0.15, 0.2) is 30.3 Å². The Labute approximate surface area is 145 Å². The summed E-state index contributed by atoms with van der Waals surface area (Å²) in [7, 11) is 1.14. The van der Waals surface area contributed by atoms with Crippen LogP contribution in [0.1, 0.15) is 24.2 Å². The number of carbonyl (C=O) groups is 2. The molecule has 0 saturated carbocycles. The van der Waals surface area contributed by atoms with Crippen LogP contribution in [-0.4, -0.2) is 66.1 Å². The summed E-state index contributed by atoms with van der Waals surface area (Å²) in [5, 5.41) is 19.2. The van der Waals surface area contributed by atoms with Gasteiger partial charge in [0.15, 0.2) is 5.79 Å². The second-order valence-electron chi connectivity index (χ2n) is 6.03. The number of aliphatic hydroxyl groups is 2. The van der Waals surface area contributed by atoms with E-state index in [9.17, 15) is 19.8 Å². The molecule has 1 aliphatic heterocycles.